The topological polar surface area (TPSA) is 49.4 Å². The highest BCUT2D eigenvalue weighted by Gasteiger charge is 2.60. The minimum absolute atomic E-state index is 0.153. The van der Waals surface area contributed by atoms with E-state index in [1.165, 1.54) is 38.5 Å². The number of piperidine rings is 1. The molecule has 1 aromatic carbocycles. The molecule has 1 aliphatic heterocycles. The van der Waals surface area contributed by atoms with Crippen LogP contribution in [0.4, 0.5) is 5.69 Å². The van der Waals surface area contributed by atoms with Gasteiger partial charge < -0.3 is 10.2 Å². The molecule has 174 valence electrons. The summed E-state index contributed by atoms with van der Waals surface area (Å²) in [6.45, 7) is 5.05. The minimum atomic E-state index is 0.153. The maximum absolute atomic E-state index is 12.6. The van der Waals surface area contributed by atoms with Gasteiger partial charge in [0.2, 0.25) is 11.8 Å². The van der Waals surface area contributed by atoms with Gasteiger partial charge in [0, 0.05) is 31.6 Å². The summed E-state index contributed by atoms with van der Waals surface area (Å²) in [5.41, 5.74) is 1.57. The van der Waals surface area contributed by atoms with Crippen molar-refractivity contribution in [1.29, 1.82) is 0 Å². The Bertz CT molecular complexity index is 869. The maximum Gasteiger partial charge on any atom is 0.224 e. The Hall–Kier alpha value is -1.84. The molecule has 1 saturated heterocycles. The van der Waals surface area contributed by atoms with Gasteiger partial charge in [-0.2, -0.15) is 0 Å². The van der Waals surface area contributed by atoms with Gasteiger partial charge >= 0.3 is 0 Å². The zero-order valence-corrected chi connectivity index (χ0v) is 20.1. The van der Waals surface area contributed by atoms with Crippen molar-refractivity contribution in [3.63, 3.8) is 0 Å². The number of hydrogen-bond acceptors (Lipinski definition) is 2. The van der Waals surface area contributed by atoms with Gasteiger partial charge in [-0.05, 0) is 98.0 Å². The number of nitrogens with zero attached hydrogens (tertiary/aromatic N) is 1. The van der Waals surface area contributed by atoms with Crippen LogP contribution in [0, 0.1) is 34.5 Å². The number of anilines is 1. The summed E-state index contributed by atoms with van der Waals surface area (Å²) in [6, 6.07) is 10.3. The van der Waals surface area contributed by atoms with Gasteiger partial charge in [0.1, 0.15) is 0 Å². The standard InChI is InChI=1S/C28H40N2O2/c1-27-17-15-23-21(11-13-24-28(23,2)18-16-26(32)30(24)3)22(27)12-9-19(27)10-14-25(31)29-20-7-5-4-6-8-20/h4-8,19,21-24H,9-18H2,1-3H3,(H,29,31)/t19-,21+,22+,23+,24?,27-,28-/m1/s1. The first-order valence-corrected chi connectivity index (χ1v) is 12.9. The Morgan fingerprint density at radius 3 is 2.53 bits per heavy atom. The second kappa shape index (κ2) is 8.18. The second-order valence-electron chi connectivity index (χ2n) is 11.8. The molecule has 3 saturated carbocycles. The molecule has 1 heterocycles. The van der Waals surface area contributed by atoms with E-state index in [0.717, 1.165) is 42.7 Å². The lowest BCUT2D eigenvalue weighted by atomic mass is 9.46. The summed E-state index contributed by atoms with van der Waals surface area (Å²) >= 11 is 0. The molecule has 2 amide bonds. The molecule has 4 fully saturated rings. The summed E-state index contributed by atoms with van der Waals surface area (Å²) in [5, 5.41) is 3.07. The van der Waals surface area contributed by atoms with E-state index in [4.69, 9.17) is 0 Å². The molecule has 0 spiro atoms. The Morgan fingerprint density at radius 2 is 1.75 bits per heavy atom. The van der Waals surface area contributed by atoms with Crippen LogP contribution in [-0.2, 0) is 9.59 Å². The highest BCUT2D eigenvalue weighted by atomic mass is 16.2. The molecular formula is C28H40N2O2. The first-order chi connectivity index (χ1) is 15.3. The molecule has 1 unspecified atom stereocenters. The summed E-state index contributed by atoms with van der Waals surface area (Å²) < 4.78 is 0. The highest BCUT2D eigenvalue weighted by Crippen LogP contribution is 2.66. The fraction of sp³-hybridized carbons (Fsp3) is 0.714. The summed E-state index contributed by atoms with van der Waals surface area (Å²) in [6.07, 6.45) is 11.1. The van der Waals surface area contributed by atoms with Crippen LogP contribution in [0.1, 0.15) is 78.1 Å². The minimum Gasteiger partial charge on any atom is -0.342 e. The molecule has 1 aromatic rings. The maximum atomic E-state index is 12.6. The summed E-state index contributed by atoms with van der Waals surface area (Å²) in [7, 11) is 2.05. The molecular weight excluding hydrogens is 396 g/mol. The number of benzene rings is 1. The number of carbonyl (C=O) groups is 2. The van der Waals surface area contributed by atoms with Gasteiger partial charge in [-0.1, -0.05) is 32.0 Å². The van der Waals surface area contributed by atoms with Crippen molar-refractivity contribution in [2.75, 3.05) is 12.4 Å². The van der Waals surface area contributed by atoms with Crippen molar-refractivity contribution >= 4 is 17.5 Å². The zero-order valence-electron chi connectivity index (χ0n) is 20.1. The molecule has 4 aliphatic rings. The first-order valence-electron chi connectivity index (χ1n) is 12.9. The van der Waals surface area contributed by atoms with Crippen LogP contribution in [0.2, 0.25) is 0 Å². The Labute approximate surface area is 193 Å². The predicted molar refractivity (Wildman–Crippen MR) is 128 cm³/mol. The van der Waals surface area contributed by atoms with Gasteiger partial charge in [0.05, 0.1) is 0 Å². The molecule has 7 atom stereocenters. The SMILES string of the molecule is CN1C(=O)CC[C@@]2(C)C1CC[C@H]1[C@@H]3CC[C@H](CCC(=O)Nc4ccccc4)[C@@]3(C)CC[C@@H]12. The van der Waals surface area contributed by atoms with Crippen LogP contribution in [0.5, 0.6) is 0 Å². The van der Waals surface area contributed by atoms with E-state index in [9.17, 15) is 9.59 Å². The van der Waals surface area contributed by atoms with E-state index < -0.39 is 0 Å². The number of amides is 2. The fourth-order valence-electron chi connectivity index (χ4n) is 8.78. The molecule has 4 heteroatoms. The lowest BCUT2D eigenvalue weighted by Gasteiger charge is -2.62. The average molecular weight is 437 g/mol. The monoisotopic (exact) mass is 436 g/mol. The molecule has 0 radical (unpaired) electrons. The lowest BCUT2D eigenvalue weighted by Crippen LogP contribution is -2.61. The molecule has 1 N–H and O–H groups in total. The Kier molecular flexibility index (Phi) is 5.62. The average Bonchev–Trinajstić information content (AvgIpc) is 3.12. The van der Waals surface area contributed by atoms with Gasteiger partial charge in [-0.15, -0.1) is 0 Å². The van der Waals surface area contributed by atoms with Crippen molar-refractivity contribution < 1.29 is 9.59 Å². The van der Waals surface area contributed by atoms with Gasteiger partial charge in [0.15, 0.2) is 0 Å². The number of fused-ring (bicyclic) bond motifs is 5. The Morgan fingerprint density at radius 1 is 1.00 bits per heavy atom. The largest absolute Gasteiger partial charge is 0.342 e. The van der Waals surface area contributed by atoms with Gasteiger partial charge in [-0.25, -0.2) is 0 Å². The second-order valence-corrected chi connectivity index (χ2v) is 11.8. The highest BCUT2D eigenvalue weighted by molar-refractivity contribution is 5.90. The quantitative estimate of drug-likeness (QED) is 0.640. The van der Waals surface area contributed by atoms with Crippen LogP contribution in [0.15, 0.2) is 30.3 Å². The fourth-order valence-corrected chi connectivity index (χ4v) is 8.78. The molecule has 32 heavy (non-hydrogen) atoms. The number of likely N-dealkylation sites (tertiary alicyclic amines) is 1. The van der Waals surface area contributed by atoms with Crippen molar-refractivity contribution in [2.24, 2.45) is 34.5 Å². The summed E-state index contributed by atoms with van der Waals surface area (Å²) in [4.78, 5) is 27.0. The lowest BCUT2D eigenvalue weighted by molar-refractivity contribution is -0.158. The summed E-state index contributed by atoms with van der Waals surface area (Å²) in [5.74, 6) is 3.52. The number of para-hydroxylation sites is 1. The molecule has 0 aromatic heterocycles. The van der Waals surface area contributed by atoms with Crippen molar-refractivity contribution in [3.8, 4) is 0 Å². The van der Waals surface area contributed by atoms with E-state index in [-0.39, 0.29) is 5.91 Å². The van der Waals surface area contributed by atoms with Crippen molar-refractivity contribution in [3.05, 3.63) is 30.3 Å². The van der Waals surface area contributed by atoms with Gasteiger partial charge in [-0.3, -0.25) is 9.59 Å². The van der Waals surface area contributed by atoms with Crippen molar-refractivity contribution in [1.82, 2.24) is 4.90 Å². The van der Waals surface area contributed by atoms with Crippen molar-refractivity contribution in [2.45, 2.75) is 84.1 Å². The number of nitrogens with one attached hydrogen (secondary N) is 1. The molecule has 5 rings (SSSR count). The third-order valence-corrected chi connectivity index (χ3v) is 10.5. The van der Waals surface area contributed by atoms with E-state index in [1.807, 2.05) is 37.4 Å². The molecule has 3 aliphatic carbocycles. The molecule has 4 nitrogen and oxygen atoms in total. The number of rotatable bonds is 4. The number of hydrogen-bond donors (Lipinski definition) is 1. The Balaban J connectivity index is 1.25. The zero-order chi connectivity index (χ0) is 22.5. The normalized spacial score (nSPS) is 40.9. The molecule has 0 bridgehead atoms. The van der Waals surface area contributed by atoms with E-state index in [0.29, 0.717) is 35.1 Å². The van der Waals surface area contributed by atoms with E-state index in [1.54, 1.807) is 0 Å². The van der Waals surface area contributed by atoms with Crippen LogP contribution in [0.25, 0.3) is 0 Å². The number of carbonyl (C=O) groups excluding carboxylic acids is 2. The van der Waals surface area contributed by atoms with E-state index >= 15 is 0 Å². The van der Waals surface area contributed by atoms with E-state index in [2.05, 4.69) is 24.1 Å². The third-order valence-electron chi connectivity index (χ3n) is 10.5. The first kappa shape index (κ1) is 22.0. The van der Waals surface area contributed by atoms with Crippen LogP contribution >= 0.6 is 0 Å². The third kappa shape index (κ3) is 3.49. The predicted octanol–water partition coefficient (Wildman–Crippen LogP) is 5.88. The van der Waals surface area contributed by atoms with Gasteiger partial charge in [0.25, 0.3) is 0 Å². The van der Waals surface area contributed by atoms with Crippen LogP contribution in [-0.4, -0.2) is 29.8 Å². The van der Waals surface area contributed by atoms with Crippen LogP contribution < -0.4 is 5.32 Å². The van der Waals surface area contributed by atoms with Crippen LogP contribution in [0.3, 0.4) is 0 Å². The smallest absolute Gasteiger partial charge is 0.224 e.